The molecule has 0 unspecified atom stereocenters. The number of likely N-dealkylation sites (tertiary alicyclic amines) is 1. The van der Waals surface area contributed by atoms with Crippen LogP contribution in [0.4, 0.5) is 0 Å². The number of amides is 1. The van der Waals surface area contributed by atoms with Gasteiger partial charge in [0.2, 0.25) is 0 Å². The first kappa shape index (κ1) is 20.2. The lowest BCUT2D eigenvalue weighted by Gasteiger charge is -2.32. The zero-order valence-corrected chi connectivity index (χ0v) is 18.0. The summed E-state index contributed by atoms with van der Waals surface area (Å²) in [6.45, 7) is 11.7. The number of hydrogen-bond acceptors (Lipinski definition) is 4. The van der Waals surface area contributed by atoms with Crippen molar-refractivity contribution in [2.45, 2.75) is 64.6 Å². The normalized spacial score (nSPS) is 21.6. The molecule has 2 saturated heterocycles. The fourth-order valence-corrected chi connectivity index (χ4v) is 3.94. The molecule has 2 fully saturated rings. The summed E-state index contributed by atoms with van der Waals surface area (Å²) in [6.07, 6.45) is 3.74. The standard InChI is InChI=1S/C22H30BN3O3/c1-15-14-24-19(25-15)16-10-12-26(13-11-16)20(27)17-6-8-18(9-7-17)23-28-21(2,3)22(4,5)29-23/h6-9,14,16H,10-13H2,1-5H3,(H,24,25). The number of piperidine rings is 1. The van der Waals surface area contributed by atoms with Crippen LogP contribution in [0.1, 0.15) is 68.3 Å². The van der Waals surface area contributed by atoms with Gasteiger partial charge in [0.25, 0.3) is 5.91 Å². The Balaban J connectivity index is 1.38. The summed E-state index contributed by atoms with van der Waals surface area (Å²) >= 11 is 0. The molecule has 2 aromatic rings. The number of rotatable bonds is 3. The molecule has 4 rings (SSSR count). The zero-order chi connectivity index (χ0) is 20.8. The fraction of sp³-hybridized carbons (Fsp3) is 0.545. The Bertz CT molecular complexity index is 867. The molecule has 0 saturated carbocycles. The number of benzene rings is 1. The number of hydrogen-bond donors (Lipinski definition) is 1. The van der Waals surface area contributed by atoms with Gasteiger partial charge in [-0.3, -0.25) is 4.79 Å². The number of nitrogens with one attached hydrogen (secondary N) is 1. The molecule has 0 radical (unpaired) electrons. The molecule has 0 spiro atoms. The SMILES string of the molecule is Cc1cnc(C2CCN(C(=O)c3ccc(B4OC(C)(C)C(C)(C)O4)cc3)CC2)[nH]1. The van der Waals surface area contributed by atoms with Gasteiger partial charge in [-0.2, -0.15) is 0 Å². The maximum absolute atomic E-state index is 12.9. The lowest BCUT2D eigenvalue weighted by molar-refractivity contribution is 0.00578. The van der Waals surface area contributed by atoms with Crippen LogP contribution in [0.5, 0.6) is 0 Å². The summed E-state index contributed by atoms with van der Waals surface area (Å²) in [7, 11) is -0.406. The lowest BCUT2D eigenvalue weighted by atomic mass is 9.79. The third-order valence-electron chi connectivity index (χ3n) is 6.57. The quantitative estimate of drug-likeness (QED) is 0.812. The first-order chi connectivity index (χ1) is 13.7. The third kappa shape index (κ3) is 3.86. The number of carbonyl (C=O) groups is 1. The molecule has 154 valence electrons. The van der Waals surface area contributed by atoms with Crippen LogP contribution in [0.25, 0.3) is 0 Å². The Kier molecular flexibility index (Phi) is 5.07. The van der Waals surface area contributed by atoms with Gasteiger partial charge in [-0.25, -0.2) is 4.98 Å². The number of aromatic nitrogens is 2. The Morgan fingerprint density at radius 2 is 1.69 bits per heavy atom. The Morgan fingerprint density at radius 3 is 2.21 bits per heavy atom. The molecule has 6 nitrogen and oxygen atoms in total. The highest BCUT2D eigenvalue weighted by Gasteiger charge is 2.51. The van der Waals surface area contributed by atoms with Gasteiger partial charge >= 0.3 is 7.12 Å². The number of nitrogens with zero attached hydrogens (tertiary/aromatic N) is 2. The molecule has 2 aliphatic heterocycles. The maximum atomic E-state index is 12.9. The van der Waals surface area contributed by atoms with Crippen LogP contribution >= 0.6 is 0 Å². The van der Waals surface area contributed by atoms with Crippen LogP contribution < -0.4 is 5.46 Å². The lowest BCUT2D eigenvalue weighted by Crippen LogP contribution is -2.41. The minimum absolute atomic E-state index is 0.0829. The molecule has 0 aliphatic carbocycles. The fourth-order valence-electron chi connectivity index (χ4n) is 3.94. The monoisotopic (exact) mass is 395 g/mol. The molecule has 0 bridgehead atoms. The number of imidazole rings is 1. The van der Waals surface area contributed by atoms with Crippen LogP contribution in [0.15, 0.2) is 30.5 Å². The van der Waals surface area contributed by atoms with Crippen LogP contribution in [0.3, 0.4) is 0 Å². The molecule has 29 heavy (non-hydrogen) atoms. The molecule has 3 heterocycles. The second-order valence-electron chi connectivity index (χ2n) is 9.23. The van der Waals surface area contributed by atoms with E-state index in [2.05, 4.69) is 9.97 Å². The van der Waals surface area contributed by atoms with E-state index in [0.717, 1.165) is 42.9 Å². The van der Waals surface area contributed by atoms with Gasteiger partial charge in [0.05, 0.1) is 11.2 Å². The molecular formula is C22H30BN3O3. The maximum Gasteiger partial charge on any atom is 0.494 e. The molecule has 0 atom stereocenters. The summed E-state index contributed by atoms with van der Waals surface area (Å²) in [6, 6.07) is 7.64. The van der Waals surface area contributed by atoms with Crippen LogP contribution in [-0.2, 0) is 9.31 Å². The van der Waals surface area contributed by atoms with E-state index in [1.54, 1.807) is 0 Å². The number of carbonyl (C=O) groups excluding carboxylic acids is 1. The van der Waals surface area contributed by atoms with E-state index in [0.29, 0.717) is 11.5 Å². The average molecular weight is 395 g/mol. The van der Waals surface area contributed by atoms with Gasteiger partial charge in [0.1, 0.15) is 5.82 Å². The first-order valence-corrected chi connectivity index (χ1v) is 10.4. The highest BCUT2D eigenvalue weighted by molar-refractivity contribution is 6.62. The van der Waals surface area contributed by atoms with Crippen molar-refractivity contribution < 1.29 is 14.1 Å². The van der Waals surface area contributed by atoms with Crippen molar-refractivity contribution in [3.63, 3.8) is 0 Å². The van der Waals surface area contributed by atoms with Crippen molar-refractivity contribution in [1.82, 2.24) is 14.9 Å². The van der Waals surface area contributed by atoms with Gasteiger partial charge in [0, 0.05) is 36.5 Å². The summed E-state index contributed by atoms with van der Waals surface area (Å²) in [5.41, 5.74) is 1.98. The molecule has 7 heteroatoms. The van der Waals surface area contributed by atoms with Crippen LogP contribution in [-0.4, -0.2) is 52.2 Å². The molecule has 1 aromatic carbocycles. The van der Waals surface area contributed by atoms with E-state index in [-0.39, 0.29) is 17.1 Å². The predicted octanol–water partition coefficient (Wildman–Crippen LogP) is 3.04. The topological polar surface area (TPSA) is 67.5 Å². The number of aryl methyl sites for hydroxylation is 1. The van der Waals surface area contributed by atoms with Crippen LogP contribution in [0.2, 0.25) is 0 Å². The third-order valence-corrected chi connectivity index (χ3v) is 6.57. The Morgan fingerprint density at radius 1 is 1.10 bits per heavy atom. The van der Waals surface area contributed by atoms with E-state index < -0.39 is 7.12 Å². The van der Waals surface area contributed by atoms with Crippen molar-refractivity contribution in [3.05, 3.63) is 47.5 Å². The van der Waals surface area contributed by atoms with Gasteiger partial charge in [-0.05, 0) is 65.1 Å². The van der Waals surface area contributed by atoms with E-state index >= 15 is 0 Å². The van der Waals surface area contributed by atoms with Gasteiger partial charge in [-0.1, -0.05) is 12.1 Å². The van der Waals surface area contributed by atoms with Gasteiger partial charge in [-0.15, -0.1) is 0 Å². The molecular weight excluding hydrogens is 365 g/mol. The molecule has 1 aromatic heterocycles. The van der Waals surface area contributed by atoms with Gasteiger partial charge in [0.15, 0.2) is 0 Å². The summed E-state index contributed by atoms with van der Waals surface area (Å²) < 4.78 is 12.2. The predicted molar refractivity (Wildman–Crippen MR) is 113 cm³/mol. The van der Waals surface area contributed by atoms with E-state index in [1.807, 2.05) is 70.0 Å². The van der Waals surface area contributed by atoms with Gasteiger partial charge < -0.3 is 19.2 Å². The summed E-state index contributed by atoms with van der Waals surface area (Å²) in [5, 5.41) is 0. The zero-order valence-electron chi connectivity index (χ0n) is 18.0. The largest absolute Gasteiger partial charge is 0.494 e. The first-order valence-electron chi connectivity index (χ1n) is 10.4. The summed E-state index contributed by atoms with van der Waals surface area (Å²) in [5.74, 6) is 1.53. The van der Waals surface area contributed by atoms with E-state index in [9.17, 15) is 4.79 Å². The smallest absolute Gasteiger partial charge is 0.399 e. The minimum Gasteiger partial charge on any atom is -0.399 e. The number of aromatic amines is 1. The van der Waals surface area contributed by atoms with Crippen molar-refractivity contribution in [2.24, 2.45) is 0 Å². The summed E-state index contributed by atoms with van der Waals surface area (Å²) in [4.78, 5) is 22.6. The molecule has 2 aliphatic rings. The van der Waals surface area contributed by atoms with Crippen molar-refractivity contribution in [1.29, 1.82) is 0 Å². The second-order valence-corrected chi connectivity index (χ2v) is 9.23. The highest BCUT2D eigenvalue weighted by Crippen LogP contribution is 2.36. The van der Waals surface area contributed by atoms with Crippen molar-refractivity contribution in [3.8, 4) is 0 Å². The second kappa shape index (κ2) is 7.29. The van der Waals surface area contributed by atoms with Crippen LogP contribution in [0, 0.1) is 6.92 Å². The average Bonchev–Trinajstić information content (AvgIpc) is 3.21. The minimum atomic E-state index is -0.406. The Labute approximate surface area is 173 Å². The molecule has 1 N–H and O–H groups in total. The number of H-pyrrole nitrogens is 1. The van der Waals surface area contributed by atoms with Crippen molar-refractivity contribution >= 4 is 18.5 Å². The Hall–Kier alpha value is -2.12. The van der Waals surface area contributed by atoms with E-state index in [1.165, 1.54) is 0 Å². The highest BCUT2D eigenvalue weighted by atomic mass is 16.7. The molecule has 1 amide bonds. The van der Waals surface area contributed by atoms with E-state index in [4.69, 9.17) is 9.31 Å². The van der Waals surface area contributed by atoms with Crippen molar-refractivity contribution in [2.75, 3.05) is 13.1 Å².